The molecule has 2 N–H and O–H groups in total. The van der Waals surface area contributed by atoms with Crippen LogP contribution in [-0.2, 0) is 22.7 Å². The molecule has 1 aromatic heterocycles. The third kappa shape index (κ3) is 4.93. The number of nitrogens with zero attached hydrogens (tertiary/aromatic N) is 1. The summed E-state index contributed by atoms with van der Waals surface area (Å²) in [6.45, 7) is 3.57. The Balaban J connectivity index is 2.09. The number of nitrogens with one attached hydrogen (secondary N) is 2. The van der Waals surface area contributed by atoms with E-state index >= 15 is 0 Å². The Morgan fingerprint density at radius 3 is 2.52 bits per heavy atom. The van der Waals surface area contributed by atoms with E-state index in [0.29, 0.717) is 10.7 Å². The Morgan fingerprint density at radius 1 is 1.12 bits per heavy atom. The van der Waals surface area contributed by atoms with E-state index in [1.165, 1.54) is 4.57 Å². The minimum atomic E-state index is -0.408. The third-order valence-corrected chi connectivity index (χ3v) is 4.09. The van der Waals surface area contributed by atoms with Crippen LogP contribution in [0.1, 0.15) is 24.6 Å². The van der Waals surface area contributed by atoms with Crippen molar-refractivity contribution in [3.63, 3.8) is 0 Å². The van der Waals surface area contributed by atoms with Gasteiger partial charge < -0.3 is 15.2 Å². The second-order valence-corrected chi connectivity index (χ2v) is 5.96. The van der Waals surface area contributed by atoms with Crippen LogP contribution in [0.5, 0.6) is 0 Å². The Hall–Kier alpha value is -2.60. The summed E-state index contributed by atoms with van der Waals surface area (Å²) >= 11 is 6.05. The van der Waals surface area contributed by atoms with Gasteiger partial charge >= 0.3 is 0 Å². The monoisotopic (exact) mass is 361 g/mol. The van der Waals surface area contributed by atoms with Crippen LogP contribution < -0.4 is 16.2 Å². The lowest BCUT2D eigenvalue weighted by molar-refractivity contribution is -0.122. The Bertz CT molecular complexity index is 846. The summed E-state index contributed by atoms with van der Waals surface area (Å²) in [6, 6.07) is 10.4. The molecular weight excluding hydrogens is 342 g/mol. The summed E-state index contributed by atoms with van der Waals surface area (Å²) in [4.78, 5) is 36.1. The number of aryl methyl sites for hydroxylation is 1. The molecule has 7 heteroatoms. The molecule has 0 aliphatic rings. The summed E-state index contributed by atoms with van der Waals surface area (Å²) in [5, 5.41) is 5.86. The standard InChI is InChI=1S/C18H20ClN3O3/c1-3-16(23)21-15-9-8-12(2)22(18(15)25)11-17(24)20-10-13-6-4-5-7-14(13)19/h4-9H,3,10-11H2,1-2H3,(H,20,24)(H,21,23). The van der Waals surface area contributed by atoms with Gasteiger partial charge in [-0.1, -0.05) is 36.7 Å². The van der Waals surface area contributed by atoms with Crippen molar-refractivity contribution in [2.75, 3.05) is 5.32 Å². The van der Waals surface area contributed by atoms with Gasteiger partial charge in [0.25, 0.3) is 5.56 Å². The molecule has 0 unspecified atom stereocenters. The van der Waals surface area contributed by atoms with Gasteiger partial charge in [0.15, 0.2) is 0 Å². The summed E-state index contributed by atoms with van der Waals surface area (Å²) in [5.74, 6) is -0.570. The molecule has 2 amide bonds. The molecule has 0 saturated carbocycles. The van der Waals surface area contributed by atoms with Gasteiger partial charge in [-0.25, -0.2) is 0 Å². The molecule has 0 saturated heterocycles. The number of halogens is 1. The maximum Gasteiger partial charge on any atom is 0.274 e. The quantitative estimate of drug-likeness (QED) is 0.829. The van der Waals surface area contributed by atoms with Crippen molar-refractivity contribution in [1.82, 2.24) is 9.88 Å². The van der Waals surface area contributed by atoms with Crippen molar-refractivity contribution in [2.45, 2.75) is 33.4 Å². The highest BCUT2D eigenvalue weighted by atomic mass is 35.5. The minimum absolute atomic E-state index is 0.134. The molecular formula is C18H20ClN3O3. The molecule has 6 nitrogen and oxygen atoms in total. The zero-order chi connectivity index (χ0) is 18.4. The number of amides is 2. The van der Waals surface area contributed by atoms with E-state index < -0.39 is 5.56 Å². The molecule has 2 rings (SSSR count). The molecule has 2 aromatic rings. The van der Waals surface area contributed by atoms with E-state index in [4.69, 9.17) is 11.6 Å². The van der Waals surface area contributed by atoms with Crippen molar-refractivity contribution < 1.29 is 9.59 Å². The van der Waals surface area contributed by atoms with Crippen molar-refractivity contribution in [1.29, 1.82) is 0 Å². The zero-order valence-corrected chi connectivity index (χ0v) is 14.9. The van der Waals surface area contributed by atoms with Gasteiger partial charge in [0, 0.05) is 23.7 Å². The predicted molar refractivity (Wildman–Crippen MR) is 97.7 cm³/mol. The zero-order valence-electron chi connectivity index (χ0n) is 14.1. The van der Waals surface area contributed by atoms with Gasteiger partial charge in [0.2, 0.25) is 11.8 Å². The van der Waals surface area contributed by atoms with Gasteiger partial charge in [-0.05, 0) is 30.7 Å². The topological polar surface area (TPSA) is 80.2 Å². The Kier molecular flexibility index (Phi) is 6.36. The Labute approximate surface area is 150 Å². The number of pyridine rings is 1. The van der Waals surface area contributed by atoms with E-state index in [-0.39, 0.29) is 37.0 Å². The fourth-order valence-corrected chi connectivity index (χ4v) is 2.44. The number of anilines is 1. The number of carbonyl (C=O) groups excluding carboxylic acids is 2. The van der Waals surface area contributed by atoms with Crippen molar-refractivity contribution in [3.8, 4) is 0 Å². The van der Waals surface area contributed by atoms with E-state index in [9.17, 15) is 14.4 Å². The van der Waals surface area contributed by atoms with E-state index in [1.807, 2.05) is 18.2 Å². The van der Waals surface area contributed by atoms with Gasteiger partial charge in [-0.2, -0.15) is 0 Å². The molecule has 1 heterocycles. The van der Waals surface area contributed by atoms with Crippen LogP contribution in [0.2, 0.25) is 5.02 Å². The van der Waals surface area contributed by atoms with Crippen LogP contribution in [0.3, 0.4) is 0 Å². The number of rotatable bonds is 6. The second-order valence-electron chi connectivity index (χ2n) is 5.55. The fourth-order valence-electron chi connectivity index (χ4n) is 2.24. The highest BCUT2D eigenvalue weighted by molar-refractivity contribution is 6.31. The number of carbonyl (C=O) groups is 2. The molecule has 0 bridgehead atoms. The number of benzene rings is 1. The first-order valence-electron chi connectivity index (χ1n) is 7.92. The smallest absolute Gasteiger partial charge is 0.274 e. The van der Waals surface area contributed by atoms with E-state index in [1.54, 1.807) is 32.0 Å². The molecule has 25 heavy (non-hydrogen) atoms. The van der Waals surface area contributed by atoms with Crippen LogP contribution in [0, 0.1) is 6.92 Å². The van der Waals surface area contributed by atoms with Crippen LogP contribution in [0.15, 0.2) is 41.2 Å². The van der Waals surface area contributed by atoms with E-state index in [0.717, 1.165) is 5.56 Å². The lowest BCUT2D eigenvalue weighted by atomic mass is 10.2. The highest BCUT2D eigenvalue weighted by Crippen LogP contribution is 2.14. The molecule has 0 fully saturated rings. The SMILES string of the molecule is CCC(=O)Nc1ccc(C)n(CC(=O)NCc2ccccc2Cl)c1=O. The van der Waals surface area contributed by atoms with Gasteiger partial charge in [-0.3, -0.25) is 14.4 Å². The van der Waals surface area contributed by atoms with Crippen molar-refractivity contribution in [2.24, 2.45) is 0 Å². The summed E-state index contributed by atoms with van der Waals surface area (Å²) in [7, 11) is 0. The minimum Gasteiger partial charge on any atom is -0.350 e. The van der Waals surface area contributed by atoms with Gasteiger partial charge in [0.1, 0.15) is 12.2 Å². The van der Waals surface area contributed by atoms with Crippen molar-refractivity contribution in [3.05, 3.63) is 63.0 Å². The molecule has 0 spiro atoms. The van der Waals surface area contributed by atoms with Gasteiger partial charge in [-0.15, -0.1) is 0 Å². The van der Waals surface area contributed by atoms with Gasteiger partial charge in [0.05, 0.1) is 0 Å². The molecule has 132 valence electrons. The van der Waals surface area contributed by atoms with Crippen LogP contribution in [0.4, 0.5) is 5.69 Å². The molecule has 1 aromatic carbocycles. The molecule has 0 aliphatic carbocycles. The Morgan fingerprint density at radius 2 is 1.84 bits per heavy atom. The summed E-state index contributed by atoms with van der Waals surface area (Å²) in [5.41, 5.74) is 1.18. The van der Waals surface area contributed by atoms with Crippen LogP contribution in [-0.4, -0.2) is 16.4 Å². The largest absolute Gasteiger partial charge is 0.350 e. The maximum absolute atomic E-state index is 12.5. The molecule has 0 radical (unpaired) electrons. The first-order valence-corrected chi connectivity index (χ1v) is 8.30. The summed E-state index contributed by atoms with van der Waals surface area (Å²) < 4.78 is 1.33. The lowest BCUT2D eigenvalue weighted by Crippen LogP contribution is -2.34. The maximum atomic E-state index is 12.5. The number of aromatic nitrogens is 1. The second kappa shape index (κ2) is 8.48. The highest BCUT2D eigenvalue weighted by Gasteiger charge is 2.12. The average Bonchev–Trinajstić information content (AvgIpc) is 2.60. The average molecular weight is 362 g/mol. The van der Waals surface area contributed by atoms with Crippen LogP contribution in [0.25, 0.3) is 0 Å². The first kappa shape index (κ1) is 18.7. The fraction of sp³-hybridized carbons (Fsp3) is 0.278. The predicted octanol–water partition coefficient (Wildman–Crippen LogP) is 2.48. The third-order valence-electron chi connectivity index (χ3n) is 3.72. The molecule has 0 atom stereocenters. The lowest BCUT2D eigenvalue weighted by Gasteiger charge is -2.13. The first-order chi connectivity index (χ1) is 11.9. The van der Waals surface area contributed by atoms with Crippen LogP contribution >= 0.6 is 11.6 Å². The van der Waals surface area contributed by atoms with E-state index in [2.05, 4.69) is 10.6 Å². The number of hydrogen-bond donors (Lipinski definition) is 2. The number of hydrogen-bond acceptors (Lipinski definition) is 3. The van der Waals surface area contributed by atoms with Crippen molar-refractivity contribution >= 4 is 29.1 Å². The normalized spacial score (nSPS) is 10.4. The molecule has 0 aliphatic heterocycles. The summed E-state index contributed by atoms with van der Waals surface area (Å²) in [6.07, 6.45) is 0.269.